The molecule has 29 heavy (non-hydrogen) atoms. The largest absolute Gasteiger partial charge is 0.318 e. The Bertz CT molecular complexity index is 1080. The molecule has 0 radical (unpaired) electrons. The summed E-state index contributed by atoms with van der Waals surface area (Å²) in [5.41, 5.74) is 2.85. The maximum atomic E-state index is 12.3. The minimum absolute atomic E-state index is 0.0133. The Labute approximate surface area is 169 Å². The Morgan fingerprint density at radius 3 is 2.41 bits per heavy atom. The van der Waals surface area contributed by atoms with Gasteiger partial charge in [0.2, 0.25) is 5.56 Å². The molecule has 1 aliphatic rings. The van der Waals surface area contributed by atoms with Gasteiger partial charge < -0.3 is 4.57 Å². The van der Waals surface area contributed by atoms with E-state index in [1.165, 1.54) is 0 Å². The van der Waals surface area contributed by atoms with E-state index in [0.29, 0.717) is 12.5 Å². The van der Waals surface area contributed by atoms with Gasteiger partial charge in [0.05, 0.1) is 5.69 Å². The molecule has 0 atom stereocenters. The van der Waals surface area contributed by atoms with Gasteiger partial charge in [-0.1, -0.05) is 6.07 Å². The summed E-state index contributed by atoms with van der Waals surface area (Å²) in [5.74, 6) is 0.435. The van der Waals surface area contributed by atoms with Crippen LogP contribution in [0, 0.1) is 5.92 Å². The summed E-state index contributed by atoms with van der Waals surface area (Å²) in [4.78, 5) is 30.3. The van der Waals surface area contributed by atoms with E-state index in [2.05, 4.69) is 15.0 Å². The van der Waals surface area contributed by atoms with Crippen LogP contribution in [0.2, 0.25) is 0 Å². The first-order chi connectivity index (χ1) is 14.1. The zero-order valence-corrected chi connectivity index (χ0v) is 16.6. The predicted octanol–water partition coefficient (Wildman–Crippen LogP) is 1.92. The minimum Gasteiger partial charge on any atom is -0.318 e. The molecule has 0 spiro atoms. The van der Waals surface area contributed by atoms with Gasteiger partial charge in [-0.15, -0.1) is 0 Å². The molecule has 1 fully saturated rings. The number of hydrogen-bond donors (Lipinski definition) is 0. The third-order valence-corrected chi connectivity index (χ3v) is 5.53. The van der Waals surface area contributed by atoms with Crippen molar-refractivity contribution in [1.29, 1.82) is 0 Å². The monoisotopic (exact) mass is 391 g/mol. The molecule has 150 valence electrons. The zero-order valence-electron chi connectivity index (χ0n) is 16.6. The van der Waals surface area contributed by atoms with Gasteiger partial charge >= 0.3 is 0 Å². The van der Waals surface area contributed by atoms with E-state index >= 15 is 0 Å². The average molecular weight is 391 g/mol. The maximum Gasteiger partial charge on any atom is 0.266 e. The Morgan fingerprint density at radius 1 is 0.966 bits per heavy atom. The second-order valence-corrected chi connectivity index (χ2v) is 7.68. The lowest BCUT2D eigenvalue weighted by molar-refractivity contribution is 0.163. The molecule has 0 unspecified atom stereocenters. The molecule has 0 amide bonds. The number of nitrogens with zero attached hydrogens (tertiary/aromatic N) is 5. The molecule has 7 heteroatoms. The lowest BCUT2D eigenvalue weighted by Crippen LogP contribution is -2.36. The van der Waals surface area contributed by atoms with Crippen molar-refractivity contribution in [2.45, 2.75) is 25.9 Å². The van der Waals surface area contributed by atoms with Gasteiger partial charge in [0, 0.05) is 56.4 Å². The van der Waals surface area contributed by atoms with Crippen molar-refractivity contribution in [2.75, 3.05) is 13.1 Å². The Morgan fingerprint density at radius 2 is 1.69 bits per heavy atom. The van der Waals surface area contributed by atoms with Gasteiger partial charge in [-0.2, -0.15) is 5.10 Å². The molecule has 1 aliphatic heterocycles. The minimum atomic E-state index is -0.0598. The SMILES string of the molecule is Cn1cc(CN2CCC(Cn3nc(-c4ccncc4)ccc3=O)CC2)ccc1=O. The van der Waals surface area contributed by atoms with Crippen LogP contribution in [0.25, 0.3) is 11.3 Å². The van der Waals surface area contributed by atoms with E-state index in [0.717, 1.165) is 49.3 Å². The summed E-state index contributed by atoms with van der Waals surface area (Å²) < 4.78 is 3.22. The van der Waals surface area contributed by atoms with Gasteiger partial charge in [-0.05, 0) is 55.6 Å². The third kappa shape index (κ3) is 4.68. The number of rotatable bonds is 5. The summed E-state index contributed by atoms with van der Waals surface area (Å²) >= 11 is 0. The molecule has 0 N–H and O–H groups in total. The van der Waals surface area contributed by atoms with Crippen LogP contribution in [0.3, 0.4) is 0 Å². The molecular weight excluding hydrogens is 366 g/mol. The van der Waals surface area contributed by atoms with Gasteiger partial charge in [-0.25, -0.2) is 4.68 Å². The van der Waals surface area contributed by atoms with E-state index in [1.807, 2.05) is 24.4 Å². The quantitative estimate of drug-likeness (QED) is 0.664. The van der Waals surface area contributed by atoms with E-state index in [1.54, 1.807) is 46.9 Å². The van der Waals surface area contributed by atoms with Crippen LogP contribution in [-0.2, 0) is 20.1 Å². The molecule has 1 saturated heterocycles. The fourth-order valence-corrected chi connectivity index (χ4v) is 3.83. The Hall–Kier alpha value is -3.06. The number of aryl methyl sites for hydroxylation is 1. The first-order valence-electron chi connectivity index (χ1n) is 9.95. The molecule has 0 aromatic carbocycles. The number of aromatic nitrogens is 4. The number of likely N-dealkylation sites (tertiary alicyclic amines) is 1. The van der Waals surface area contributed by atoms with Crippen molar-refractivity contribution >= 4 is 0 Å². The average Bonchev–Trinajstić information content (AvgIpc) is 2.74. The fraction of sp³-hybridized carbons (Fsp3) is 0.364. The molecule has 0 aliphatic carbocycles. The molecule has 0 saturated carbocycles. The molecule has 4 rings (SSSR count). The molecular formula is C22H25N5O2. The molecule has 0 bridgehead atoms. The van der Waals surface area contributed by atoms with Crippen molar-refractivity contribution in [3.05, 3.63) is 81.3 Å². The number of pyridine rings is 2. The maximum absolute atomic E-state index is 12.3. The second kappa shape index (κ2) is 8.53. The summed E-state index contributed by atoms with van der Waals surface area (Å²) in [7, 11) is 1.78. The third-order valence-electron chi connectivity index (χ3n) is 5.53. The fourth-order valence-electron chi connectivity index (χ4n) is 3.83. The number of hydrogen-bond acceptors (Lipinski definition) is 5. The molecule has 3 aromatic heterocycles. The highest BCUT2D eigenvalue weighted by Crippen LogP contribution is 2.20. The first-order valence-corrected chi connectivity index (χ1v) is 9.95. The van der Waals surface area contributed by atoms with Crippen molar-refractivity contribution in [2.24, 2.45) is 13.0 Å². The van der Waals surface area contributed by atoms with Crippen LogP contribution in [-0.4, -0.2) is 37.3 Å². The van der Waals surface area contributed by atoms with Crippen LogP contribution in [0.15, 0.2) is 64.6 Å². The van der Waals surface area contributed by atoms with Crippen LogP contribution in [0.4, 0.5) is 0 Å². The summed E-state index contributed by atoms with van der Waals surface area (Å²) in [6, 6.07) is 10.7. The second-order valence-electron chi connectivity index (χ2n) is 7.68. The van der Waals surface area contributed by atoms with Gasteiger partial charge in [0.1, 0.15) is 0 Å². The lowest BCUT2D eigenvalue weighted by atomic mass is 9.96. The highest BCUT2D eigenvalue weighted by Gasteiger charge is 2.20. The first kappa shape index (κ1) is 19.3. The van der Waals surface area contributed by atoms with Crippen molar-refractivity contribution in [3.63, 3.8) is 0 Å². The van der Waals surface area contributed by atoms with Crippen molar-refractivity contribution in [3.8, 4) is 11.3 Å². The van der Waals surface area contributed by atoms with E-state index in [4.69, 9.17) is 0 Å². The Balaban J connectivity index is 1.38. The van der Waals surface area contributed by atoms with Crippen LogP contribution in [0.5, 0.6) is 0 Å². The van der Waals surface area contributed by atoms with Crippen molar-refractivity contribution in [1.82, 2.24) is 24.2 Å². The normalized spacial score (nSPS) is 15.5. The highest BCUT2D eigenvalue weighted by molar-refractivity contribution is 5.56. The van der Waals surface area contributed by atoms with Gasteiger partial charge in [-0.3, -0.25) is 19.5 Å². The van der Waals surface area contributed by atoms with E-state index in [9.17, 15) is 9.59 Å². The van der Waals surface area contributed by atoms with Gasteiger partial charge in [0.25, 0.3) is 5.56 Å². The molecule has 4 heterocycles. The smallest absolute Gasteiger partial charge is 0.266 e. The molecule has 7 nitrogen and oxygen atoms in total. The zero-order chi connectivity index (χ0) is 20.2. The molecule has 3 aromatic rings. The summed E-state index contributed by atoms with van der Waals surface area (Å²) in [6.07, 6.45) is 7.42. The van der Waals surface area contributed by atoms with E-state index in [-0.39, 0.29) is 11.1 Å². The van der Waals surface area contributed by atoms with Crippen LogP contribution < -0.4 is 11.1 Å². The highest BCUT2D eigenvalue weighted by atomic mass is 16.1. The number of piperidine rings is 1. The van der Waals surface area contributed by atoms with Crippen LogP contribution >= 0.6 is 0 Å². The Kier molecular flexibility index (Phi) is 5.67. The topological polar surface area (TPSA) is 73.0 Å². The summed E-state index contributed by atoms with van der Waals surface area (Å²) in [5, 5.41) is 4.57. The van der Waals surface area contributed by atoms with Crippen LogP contribution in [0.1, 0.15) is 18.4 Å². The predicted molar refractivity (Wildman–Crippen MR) is 111 cm³/mol. The standard InChI is InChI=1S/C22H25N5O2/c1-25-14-18(2-4-21(25)28)15-26-12-8-17(9-13-26)16-27-22(29)5-3-20(24-27)19-6-10-23-11-7-19/h2-7,10-11,14,17H,8-9,12-13,15-16H2,1H3. The lowest BCUT2D eigenvalue weighted by Gasteiger charge is -2.32. The summed E-state index contributed by atoms with van der Waals surface area (Å²) in [6.45, 7) is 3.45. The van der Waals surface area contributed by atoms with E-state index < -0.39 is 0 Å². The van der Waals surface area contributed by atoms with Gasteiger partial charge in [0.15, 0.2) is 0 Å². The van der Waals surface area contributed by atoms with Crippen molar-refractivity contribution < 1.29 is 0 Å².